The van der Waals surface area contributed by atoms with E-state index in [4.69, 9.17) is 0 Å². The van der Waals surface area contributed by atoms with Crippen molar-refractivity contribution in [3.05, 3.63) is 36.7 Å². The van der Waals surface area contributed by atoms with Crippen molar-refractivity contribution in [1.29, 1.82) is 0 Å². The third kappa shape index (κ3) is 1.89. The zero-order valence-electron chi connectivity index (χ0n) is 9.21. The molecule has 0 bridgehead atoms. The van der Waals surface area contributed by atoms with Gasteiger partial charge in [-0.15, -0.1) is 11.8 Å². The summed E-state index contributed by atoms with van der Waals surface area (Å²) in [7, 11) is 0. The molecule has 3 aromatic rings. The molecule has 5 heteroatoms. The van der Waals surface area contributed by atoms with Crippen LogP contribution >= 0.6 is 11.8 Å². The lowest BCUT2D eigenvalue weighted by Crippen LogP contribution is -1.80. The zero-order chi connectivity index (χ0) is 11.7. The molecule has 4 nitrogen and oxygen atoms in total. The lowest BCUT2D eigenvalue weighted by Gasteiger charge is -1.99. The van der Waals surface area contributed by atoms with Crippen LogP contribution in [0.5, 0.6) is 0 Å². The van der Waals surface area contributed by atoms with Gasteiger partial charge in [0.15, 0.2) is 0 Å². The molecule has 0 spiro atoms. The molecule has 17 heavy (non-hydrogen) atoms. The number of nitrogens with zero attached hydrogens (tertiary/aromatic N) is 3. The number of H-pyrrole nitrogens is 1. The molecule has 1 aromatic carbocycles. The standard InChI is InChI=1S/C12H10N4S/c1-17-9-4-2-3-8(5-9)12-15-10-6-13-14-7-11(10)16-12/h2-7H,1H3,(H,15,16). The van der Waals surface area contributed by atoms with E-state index in [1.54, 1.807) is 24.2 Å². The van der Waals surface area contributed by atoms with Crippen LogP contribution in [-0.4, -0.2) is 26.4 Å². The van der Waals surface area contributed by atoms with E-state index in [1.807, 2.05) is 12.1 Å². The Morgan fingerprint density at radius 2 is 2.06 bits per heavy atom. The monoisotopic (exact) mass is 242 g/mol. The molecule has 0 aliphatic heterocycles. The molecule has 0 amide bonds. The second-order valence-corrected chi connectivity index (χ2v) is 4.49. The predicted octanol–water partition coefficient (Wildman–Crippen LogP) is 2.74. The molecule has 0 aliphatic carbocycles. The molecule has 0 atom stereocenters. The summed E-state index contributed by atoms with van der Waals surface area (Å²) in [5.41, 5.74) is 2.82. The van der Waals surface area contributed by atoms with Crippen molar-refractivity contribution < 1.29 is 0 Å². The highest BCUT2D eigenvalue weighted by atomic mass is 32.2. The van der Waals surface area contributed by atoms with E-state index in [9.17, 15) is 0 Å². The van der Waals surface area contributed by atoms with Crippen molar-refractivity contribution in [3.8, 4) is 11.4 Å². The number of hydrogen-bond donors (Lipinski definition) is 1. The van der Waals surface area contributed by atoms with Crippen molar-refractivity contribution in [1.82, 2.24) is 20.2 Å². The number of rotatable bonds is 2. The SMILES string of the molecule is CSc1cccc(-c2nc3cnncc3[nH]2)c1. The first kappa shape index (κ1) is 10.3. The number of nitrogens with one attached hydrogen (secondary N) is 1. The summed E-state index contributed by atoms with van der Waals surface area (Å²) in [6.07, 6.45) is 5.41. The number of aromatic nitrogens is 4. The summed E-state index contributed by atoms with van der Waals surface area (Å²) in [5.74, 6) is 0.853. The summed E-state index contributed by atoms with van der Waals surface area (Å²) < 4.78 is 0. The molecule has 0 unspecified atom stereocenters. The van der Waals surface area contributed by atoms with Crippen LogP contribution in [0.2, 0.25) is 0 Å². The van der Waals surface area contributed by atoms with E-state index in [-0.39, 0.29) is 0 Å². The van der Waals surface area contributed by atoms with Crippen molar-refractivity contribution in [2.75, 3.05) is 6.26 Å². The fraction of sp³-hybridized carbons (Fsp3) is 0.0833. The summed E-state index contributed by atoms with van der Waals surface area (Å²) in [5, 5.41) is 7.65. The Balaban J connectivity index is 2.13. The minimum absolute atomic E-state index is 0.838. The van der Waals surface area contributed by atoms with Crippen LogP contribution in [0.1, 0.15) is 0 Å². The quantitative estimate of drug-likeness (QED) is 0.702. The van der Waals surface area contributed by atoms with Crippen LogP contribution in [-0.2, 0) is 0 Å². The lowest BCUT2D eigenvalue weighted by molar-refractivity contribution is 1.05. The highest BCUT2D eigenvalue weighted by Gasteiger charge is 2.05. The normalized spacial score (nSPS) is 10.9. The maximum absolute atomic E-state index is 4.49. The lowest BCUT2D eigenvalue weighted by atomic mass is 10.2. The maximum Gasteiger partial charge on any atom is 0.138 e. The minimum atomic E-state index is 0.838. The van der Waals surface area contributed by atoms with Gasteiger partial charge in [0.05, 0.1) is 17.9 Å². The Labute approximate surface area is 102 Å². The Morgan fingerprint density at radius 1 is 1.18 bits per heavy atom. The van der Waals surface area contributed by atoms with Gasteiger partial charge in [0.25, 0.3) is 0 Å². The average molecular weight is 242 g/mol. The zero-order valence-corrected chi connectivity index (χ0v) is 10.0. The summed E-state index contributed by atoms with van der Waals surface area (Å²) in [6.45, 7) is 0. The topological polar surface area (TPSA) is 54.5 Å². The molecule has 0 fully saturated rings. The Bertz CT molecular complexity index is 629. The van der Waals surface area contributed by atoms with Gasteiger partial charge in [-0.1, -0.05) is 12.1 Å². The first-order valence-corrected chi connectivity index (χ1v) is 6.40. The van der Waals surface area contributed by atoms with Gasteiger partial charge in [0, 0.05) is 10.5 Å². The van der Waals surface area contributed by atoms with Gasteiger partial charge in [0.1, 0.15) is 11.3 Å². The molecule has 2 aromatic heterocycles. The van der Waals surface area contributed by atoms with E-state index in [0.717, 1.165) is 22.4 Å². The van der Waals surface area contributed by atoms with Crippen molar-refractivity contribution in [3.63, 3.8) is 0 Å². The highest BCUT2D eigenvalue weighted by molar-refractivity contribution is 7.98. The first-order valence-electron chi connectivity index (χ1n) is 5.17. The minimum Gasteiger partial charge on any atom is -0.337 e. The van der Waals surface area contributed by atoms with Gasteiger partial charge in [-0.3, -0.25) is 0 Å². The second-order valence-electron chi connectivity index (χ2n) is 3.61. The maximum atomic E-state index is 4.49. The van der Waals surface area contributed by atoms with Crippen molar-refractivity contribution in [2.45, 2.75) is 4.90 Å². The Hall–Kier alpha value is -1.88. The summed E-state index contributed by atoms with van der Waals surface area (Å²) in [4.78, 5) is 8.95. The van der Waals surface area contributed by atoms with Crippen LogP contribution in [0.25, 0.3) is 22.4 Å². The van der Waals surface area contributed by atoms with Gasteiger partial charge < -0.3 is 4.98 Å². The van der Waals surface area contributed by atoms with Crippen LogP contribution < -0.4 is 0 Å². The largest absolute Gasteiger partial charge is 0.337 e. The molecular formula is C12H10N4S. The van der Waals surface area contributed by atoms with Gasteiger partial charge in [-0.05, 0) is 18.4 Å². The molecule has 0 saturated heterocycles. The Kier molecular flexibility index (Phi) is 2.53. The van der Waals surface area contributed by atoms with E-state index >= 15 is 0 Å². The number of hydrogen-bond acceptors (Lipinski definition) is 4. The molecule has 0 radical (unpaired) electrons. The number of fused-ring (bicyclic) bond motifs is 1. The van der Waals surface area contributed by atoms with E-state index in [2.05, 4.69) is 38.6 Å². The van der Waals surface area contributed by atoms with E-state index < -0.39 is 0 Å². The van der Waals surface area contributed by atoms with Crippen LogP contribution in [0.15, 0.2) is 41.6 Å². The van der Waals surface area contributed by atoms with Gasteiger partial charge in [-0.25, -0.2) is 4.98 Å². The highest BCUT2D eigenvalue weighted by Crippen LogP contribution is 2.23. The molecule has 2 heterocycles. The fourth-order valence-electron chi connectivity index (χ4n) is 1.68. The van der Waals surface area contributed by atoms with Crippen molar-refractivity contribution in [2.24, 2.45) is 0 Å². The molecule has 3 rings (SSSR count). The van der Waals surface area contributed by atoms with Crippen LogP contribution in [0.4, 0.5) is 0 Å². The Morgan fingerprint density at radius 3 is 2.88 bits per heavy atom. The van der Waals surface area contributed by atoms with E-state index in [0.29, 0.717) is 0 Å². The van der Waals surface area contributed by atoms with Gasteiger partial charge in [0.2, 0.25) is 0 Å². The van der Waals surface area contributed by atoms with Gasteiger partial charge in [-0.2, -0.15) is 10.2 Å². The van der Waals surface area contributed by atoms with Crippen LogP contribution in [0.3, 0.4) is 0 Å². The van der Waals surface area contributed by atoms with Gasteiger partial charge >= 0.3 is 0 Å². The number of aromatic amines is 1. The first-order chi connectivity index (χ1) is 8.36. The average Bonchev–Trinajstić information content (AvgIpc) is 2.82. The predicted molar refractivity (Wildman–Crippen MR) is 68.9 cm³/mol. The molecule has 0 aliphatic rings. The van der Waals surface area contributed by atoms with Crippen molar-refractivity contribution >= 4 is 22.8 Å². The molecule has 1 N–H and O–H groups in total. The van der Waals surface area contributed by atoms with E-state index in [1.165, 1.54) is 4.90 Å². The number of benzene rings is 1. The van der Waals surface area contributed by atoms with Crippen LogP contribution in [0, 0.1) is 0 Å². The smallest absolute Gasteiger partial charge is 0.138 e. The molecular weight excluding hydrogens is 232 g/mol. The number of thioether (sulfide) groups is 1. The summed E-state index contributed by atoms with van der Waals surface area (Å²) >= 11 is 1.72. The third-order valence-electron chi connectivity index (χ3n) is 2.54. The second kappa shape index (κ2) is 4.18. The number of imidazole rings is 1. The molecule has 0 saturated carbocycles. The fourth-order valence-corrected chi connectivity index (χ4v) is 2.14. The molecule has 84 valence electrons. The summed E-state index contributed by atoms with van der Waals surface area (Å²) in [6, 6.07) is 8.27. The third-order valence-corrected chi connectivity index (χ3v) is 3.26.